The number of benzene rings is 1. The van der Waals surface area contributed by atoms with Gasteiger partial charge in [0.2, 0.25) is 0 Å². The topological polar surface area (TPSA) is 67.8 Å². The molecule has 5 heteroatoms. The Kier molecular flexibility index (Phi) is 4.72. The van der Waals surface area contributed by atoms with Crippen molar-refractivity contribution in [1.82, 2.24) is 0 Å². The molecule has 0 atom stereocenters. The number of amidine groups is 1. The SMILES string of the molecule is CCCOCc1cccc(/C(N)=N/O)c1F. The maximum Gasteiger partial charge on any atom is 0.173 e. The second kappa shape index (κ2) is 6.07. The van der Waals surface area contributed by atoms with Crippen LogP contribution in [0, 0.1) is 5.82 Å². The largest absolute Gasteiger partial charge is 0.409 e. The summed E-state index contributed by atoms with van der Waals surface area (Å²) in [5, 5.41) is 11.3. The van der Waals surface area contributed by atoms with Gasteiger partial charge in [0.25, 0.3) is 0 Å². The van der Waals surface area contributed by atoms with Crippen molar-refractivity contribution in [2.75, 3.05) is 6.61 Å². The predicted molar refractivity (Wildman–Crippen MR) is 58.9 cm³/mol. The maximum atomic E-state index is 13.8. The van der Waals surface area contributed by atoms with Crippen LogP contribution in [-0.4, -0.2) is 17.6 Å². The van der Waals surface area contributed by atoms with Gasteiger partial charge in [-0.25, -0.2) is 4.39 Å². The van der Waals surface area contributed by atoms with Gasteiger partial charge in [0.15, 0.2) is 5.84 Å². The molecule has 16 heavy (non-hydrogen) atoms. The summed E-state index contributed by atoms with van der Waals surface area (Å²) in [7, 11) is 0. The first-order valence-electron chi connectivity index (χ1n) is 5.03. The lowest BCUT2D eigenvalue weighted by molar-refractivity contribution is 0.119. The first kappa shape index (κ1) is 12.4. The third kappa shape index (κ3) is 2.93. The molecular formula is C11H15FN2O2. The zero-order chi connectivity index (χ0) is 12.0. The van der Waals surface area contributed by atoms with Crippen LogP contribution in [0.4, 0.5) is 4.39 Å². The molecule has 0 saturated carbocycles. The molecule has 0 amide bonds. The Morgan fingerprint density at radius 2 is 2.31 bits per heavy atom. The Morgan fingerprint density at radius 1 is 1.56 bits per heavy atom. The highest BCUT2D eigenvalue weighted by atomic mass is 19.1. The van der Waals surface area contributed by atoms with Crippen LogP contribution in [-0.2, 0) is 11.3 Å². The molecule has 0 fully saturated rings. The number of oxime groups is 1. The molecule has 0 bridgehead atoms. The Balaban J connectivity index is 2.86. The number of hydrogen-bond donors (Lipinski definition) is 2. The van der Waals surface area contributed by atoms with Crippen molar-refractivity contribution < 1.29 is 14.3 Å². The summed E-state index contributed by atoms with van der Waals surface area (Å²) in [6, 6.07) is 4.70. The fourth-order valence-corrected chi connectivity index (χ4v) is 1.27. The van der Waals surface area contributed by atoms with E-state index < -0.39 is 5.82 Å². The van der Waals surface area contributed by atoms with E-state index in [-0.39, 0.29) is 18.0 Å². The Labute approximate surface area is 93.5 Å². The minimum atomic E-state index is -0.506. The lowest BCUT2D eigenvalue weighted by Gasteiger charge is -2.07. The summed E-state index contributed by atoms with van der Waals surface area (Å²) >= 11 is 0. The molecule has 0 aromatic heterocycles. The average Bonchev–Trinajstić information content (AvgIpc) is 2.30. The Bertz CT molecular complexity index is 380. The molecule has 0 unspecified atom stereocenters. The summed E-state index contributed by atoms with van der Waals surface area (Å²) < 4.78 is 19.0. The second-order valence-corrected chi connectivity index (χ2v) is 3.32. The molecule has 1 rings (SSSR count). The van der Waals surface area contributed by atoms with Crippen molar-refractivity contribution in [2.45, 2.75) is 20.0 Å². The van der Waals surface area contributed by atoms with Gasteiger partial charge in [-0.15, -0.1) is 0 Å². The molecule has 3 N–H and O–H groups in total. The zero-order valence-corrected chi connectivity index (χ0v) is 9.11. The van der Waals surface area contributed by atoms with Gasteiger partial charge >= 0.3 is 0 Å². The highest BCUT2D eigenvalue weighted by molar-refractivity contribution is 5.97. The highest BCUT2D eigenvalue weighted by Gasteiger charge is 2.11. The molecule has 0 aliphatic carbocycles. The van der Waals surface area contributed by atoms with Gasteiger partial charge in [-0.2, -0.15) is 0 Å². The monoisotopic (exact) mass is 226 g/mol. The molecule has 0 aliphatic heterocycles. The lowest BCUT2D eigenvalue weighted by atomic mass is 10.1. The summed E-state index contributed by atoms with van der Waals surface area (Å²) in [5.74, 6) is -0.747. The van der Waals surface area contributed by atoms with Crippen molar-refractivity contribution in [2.24, 2.45) is 10.9 Å². The van der Waals surface area contributed by atoms with Crippen molar-refractivity contribution in [3.8, 4) is 0 Å². The van der Waals surface area contributed by atoms with Crippen LogP contribution in [0.15, 0.2) is 23.4 Å². The number of hydrogen-bond acceptors (Lipinski definition) is 3. The molecule has 1 aromatic rings. The first-order chi connectivity index (χ1) is 7.70. The number of ether oxygens (including phenoxy) is 1. The number of nitrogens with two attached hydrogens (primary N) is 1. The van der Waals surface area contributed by atoms with Gasteiger partial charge in [0.05, 0.1) is 12.2 Å². The quantitative estimate of drug-likeness (QED) is 0.265. The van der Waals surface area contributed by atoms with Gasteiger partial charge in [-0.05, 0) is 12.5 Å². The average molecular weight is 226 g/mol. The fraction of sp³-hybridized carbons (Fsp3) is 0.364. The molecule has 1 aromatic carbocycles. The van der Waals surface area contributed by atoms with E-state index in [0.717, 1.165) is 6.42 Å². The second-order valence-electron chi connectivity index (χ2n) is 3.32. The van der Waals surface area contributed by atoms with E-state index in [1.54, 1.807) is 12.1 Å². The number of rotatable bonds is 5. The first-order valence-corrected chi connectivity index (χ1v) is 5.03. The third-order valence-corrected chi connectivity index (χ3v) is 2.07. The molecule has 4 nitrogen and oxygen atoms in total. The molecule has 0 spiro atoms. The van der Waals surface area contributed by atoms with Gasteiger partial charge < -0.3 is 15.7 Å². The van der Waals surface area contributed by atoms with E-state index in [2.05, 4.69) is 5.16 Å². The van der Waals surface area contributed by atoms with Crippen molar-refractivity contribution in [3.05, 3.63) is 35.1 Å². The van der Waals surface area contributed by atoms with E-state index in [1.807, 2.05) is 6.92 Å². The van der Waals surface area contributed by atoms with Gasteiger partial charge in [-0.1, -0.05) is 24.2 Å². The Hall–Kier alpha value is -1.62. The summed E-state index contributed by atoms with van der Waals surface area (Å²) in [6.07, 6.45) is 0.877. The molecule has 0 aliphatic rings. The third-order valence-electron chi connectivity index (χ3n) is 2.07. The summed E-state index contributed by atoms with van der Waals surface area (Å²) in [5.41, 5.74) is 5.82. The smallest absolute Gasteiger partial charge is 0.173 e. The van der Waals surface area contributed by atoms with Crippen LogP contribution in [0.5, 0.6) is 0 Å². The van der Waals surface area contributed by atoms with Crippen LogP contribution in [0.1, 0.15) is 24.5 Å². The van der Waals surface area contributed by atoms with Crippen LogP contribution < -0.4 is 5.73 Å². The number of halogens is 1. The summed E-state index contributed by atoms with van der Waals surface area (Å²) in [4.78, 5) is 0. The van der Waals surface area contributed by atoms with Crippen molar-refractivity contribution in [1.29, 1.82) is 0 Å². The van der Waals surface area contributed by atoms with Crippen LogP contribution in [0.3, 0.4) is 0 Å². The number of nitrogens with zero attached hydrogens (tertiary/aromatic N) is 1. The Morgan fingerprint density at radius 3 is 2.94 bits per heavy atom. The molecule has 0 radical (unpaired) electrons. The molecule has 88 valence electrons. The van der Waals surface area contributed by atoms with Crippen LogP contribution in [0.2, 0.25) is 0 Å². The lowest BCUT2D eigenvalue weighted by Crippen LogP contribution is -2.16. The van der Waals surface area contributed by atoms with E-state index in [1.165, 1.54) is 6.07 Å². The van der Waals surface area contributed by atoms with E-state index in [9.17, 15) is 4.39 Å². The van der Waals surface area contributed by atoms with Gasteiger partial charge in [-0.3, -0.25) is 0 Å². The van der Waals surface area contributed by atoms with E-state index in [4.69, 9.17) is 15.7 Å². The zero-order valence-electron chi connectivity index (χ0n) is 9.11. The minimum Gasteiger partial charge on any atom is -0.409 e. The maximum absolute atomic E-state index is 13.8. The standard InChI is InChI=1S/C11H15FN2O2/c1-2-6-16-7-8-4-3-5-9(10(8)12)11(13)14-15/h3-5,15H,2,6-7H2,1H3,(H2,13,14). The van der Waals surface area contributed by atoms with E-state index in [0.29, 0.717) is 12.2 Å². The van der Waals surface area contributed by atoms with Crippen molar-refractivity contribution in [3.63, 3.8) is 0 Å². The van der Waals surface area contributed by atoms with E-state index >= 15 is 0 Å². The summed E-state index contributed by atoms with van der Waals surface area (Å²) in [6.45, 7) is 2.74. The van der Waals surface area contributed by atoms with Crippen LogP contribution >= 0.6 is 0 Å². The van der Waals surface area contributed by atoms with Gasteiger partial charge in [0.1, 0.15) is 5.82 Å². The van der Waals surface area contributed by atoms with Crippen LogP contribution in [0.25, 0.3) is 0 Å². The highest BCUT2D eigenvalue weighted by Crippen LogP contribution is 2.13. The normalized spacial score (nSPS) is 11.8. The molecule has 0 heterocycles. The molecular weight excluding hydrogens is 211 g/mol. The minimum absolute atomic E-state index is 0.0834. The van der Waals surface area contributed by atoms with Gasteiger partial charge in [0, 0.05) is 12.2 Å². The fourth-order valence-electron chi connectivity index (χ4n) is 1.27. The van der Waals surface area contributed by atoms with Crippen molar-refractivity contribution >= 4 is 5.84 Å². The predicted octanol–water partition coefficient (Wildman–Crippen LogP) is 1.85. The molecule has 0 saturated heterocycles.